The summed E-state index contributed by atoms with van der Waals surface area (Å²) in [6.07, 6.45) is 5.67. The molecule has 5 heteroatoms. The van der Waals surface area contributed by atoms with E-state index in [9.17, 15) is 0 Å². The van der Waals surface area contributed by atoms with Crippen molar-refractivity contribution in [2.45, 2.75) is 56.0 Å². The second-order valence-corrected chi connectivity index (χ2v) is 8.32. The van der Waals surface area contributed by atoms with Crippen molar-refractivity contribution in [2.75, 3.05) is 27.9 Å². The van der Waals surface area contributed by atoms with Crippen molar-refractivity contribution in [3.63, 3.8) is 0 Å². The molecule has 5 rings (SSSR count). The number of hydrogen-bond donors (Lipinski definition) is 1. The van der Waals surface area contributed by atoms with E-state index in [2.05, 4.69) is 11.4 Å². The highest BCUT2D eigenvalue weighted by atomic mass is 16.7. The first-order chi connectivity index (χ1) is 12.7. The fourth-order valence-electron chi connectivity index (χ4n) is 5.51. The molecule has 4 atom stereocenters. The Balaban J connectivity index is 1.56. The Labute approximate surface area is 155 Å². The summed E-state index contributed by atoms with van der Waals surface area (Å²) >= 11 is 0. The minimum Gasteiger partial charge on any atom is -0.493 e. The monoisotopic (exact) mass is 359 g/mol. The fraction of sp³-hybridized carbons (Fsp3) is 0.714. The van der Waals surface area contributed by atoms with Gasteiger partial charge in [-0.05, 0) is 55.7 Å². The molecule has 3 aliphatic carbocycles. The Morgan fingerprint density at radius 1 is 1.15 bits per heavy atom. The lowest BCUT2D eigenvalue weighted by Gasteiger charge is -2.49. The van der Waals surface area contributed by atoms with E-state index in [4.69, 9.17) is 18.9 Å². The van der Waals surface area contributed by atoms with Crippen molar-refractivity contribution in [3.8, 4) is 11.5 Å². The molecule has 1 aromatic carbocycles. The normalized spacial score (nSPS) is 33.5. The van der Waals surface area contributed by atoms with Crippen LogP contribution in [0.5, 0.6) is 11.5 Å². The molecular weight excluding hydrogens is 330 g/mol. The largest absolute Gasteiger partial charge is 0.493 e. The summed E-state index contributed by atoms with van der Waals surface area (Å²) in [5, 5.41) is 3.89. The van der Waals surface area contributed by atoms with Gasteiger partial charge < -0.3 is 24.3 Å². The molecule has 142 valence electrons. The fourth-order valence-corrected chi connectivity index (χ4v) is 5.51. The summed E-state index contributed by atoms with van der Waals surface area (Å²) in [5.74, 6) is 2.79. The average molecular weight is 359 g/mol. The Kier molecular flexibility index (Phi) is 3.96. The number of hydrogen-bond acceptors (Lipinski definition) is 5. The summed E-state index contributed by atoms with van der Waals surface area (Å²) in [7, 11) is 5.18. The van der Waals surface area contributed by atoms with Gasteiger partial charge in [0.15, 0.2) is 17.6 Å². The summed E-state index contributed by atoms with van der Waals surface area (Å²) < 4.78 is 23.9. The lowest BCUT2D eigenvalue weighted by molar-refractivity contribution is -0.272. The van der Waals surface area contributed by atoms with Gasteiger partial charge in [-0.3, -0.25) is 0 Å². The first kappa shape index (κ1) is 16.8. The van der Waals surface area contributed by atoms with Crippen molar-refractivity contribution in [2.24, 2.45) is 11.8 Å². The maximum absolute atomic E-state index is 6.51. The lowest BCUT2D eigenvalue weighted by atomic mass is 9.63. The first-order valence-electron chi connectivity index (χ1n) is 9.91. The molecule has 0 bridgehead atoms. The Morgan fingerprint density at radius 2 is 1.96 bits per heavy atom. The molecule has 5 nitrogen and oxygen atoms in total. The van der Waals surface area contributed by atoms with Gasteiger partial charge in [0.05, 0.1) is 7.11 Å². The van der Waals surface area contributed by atoms with Crippen LogP contribution in [0.3, 0.4) is 0 Å². The van der Waals surface area contributed by atoms with E-state index in [1.807, 2.05) is 6.07 Å². The van der Waals surface area contributed by atoms with Gasteiger partial charge in [-0.25, -0.2) is 0 Å². The third-order valence-corrected chi connectivity index (χ3v) is 7.11. The summed E-state index contributed by atoms with van der Waals surface area (Å²) in [5.41, 5.74) is 2.72. The number of ether oxygens (including phenoxy) is 4. The van der Waals surface area contributed by atoms with Gasteiger partial charge in [0.1, 0.15) is 0 Å². The predicted molar refractivity (Wildman–Crippen MR) is 97.8 cm³/mol. The van der Waals surface area contributed by atoms with Crippen molar-refractivity contribution < 1.29 is 18.9 Å². The van der Waals surface area contributed by atoms with Crippen LogP contribution in [-0.4, -0.2) is 45.8 Å². The zero-order valence-electron chi connectivity index (χ0n) is 15.9. The minimum absolute atomic E-state index is 0.119. The molecule has 1 N–H and O–H groups in total. The van der Waals surface area contributed by atoms with Crippen LogP contribution >= 0.6 is 0 Å². The zero-order chi connectivity index (χ0) is 17.9. The molecule has 2 saturated carbocycles. The first-order valence-corrected chi connectivity index (χ1v) is 9.91. The summed E-state index contributed by atoms with van der Waals surface area (Å²) in [6, 6.07) is 4.78. The summed E-state index contributed by atoms with van der Waals surface area (Å²) in [4.78, 5) is 0. The highest BCUT2D eigenvalue weighted by Gasteiger charge is 2.60. The van der Waals surface area contributed by atoms with Crippen molar-refractivity contribution >= 4 is 0 Å². The zero-order valence-corrected chi connectivity index (χ0v) is 15.9. The Bertz CT molecular complexity index is 697. The quantitative estimate of drug-likeness (QED) is 0.792. The lowest BCUT2D eigenvalue weighted by Crippen LogP contribution is -2.59. The second-order valence-electron chi connectivity index (χ2n) is 8.32. The number of benzene rings is 1. The molecule has 2 unspecified atom stereocenters. The van der Waals surface area contributed by atoms with Crippen LogP contribution in [0.4, 0.5) is 0 Å². The van der Waals surface area contributed by atoms with E-state index in [-0.39, 0.29) is 6.10 Å². The Morgan fingerprint density at radius 3 is 2.65 bits per heavy atom. The van der Waals surface area contributed by atoms with Crippen molar-refractivity contribution in [1.82, 2.24) is 5.32 Å². The molecule has 0 saturated heterocycles. The van der Waals surface area contributed by atoms with E-state index in [1.54, 1.807) is 21.3 Å². The molecule has 0 spiro atoms. The van der Waals surface area contributed by atoms with Crippen molar-refractivity contribution in [1.29, 1.82) is 0 Å². The van der Waals surface area contributed by atoms with Gasteiger partial charge >= 0.3 is 0 Å². The smallest absolute Gasteiger partial charge is 0.205 e. The molecule has 0 aromatic heterocycles. The summed E-state index contributed by atoms with van der Waals surface area (Å²) in [6.45, 7) is 1.15. The molecular formula is C21H29NO4. The molecule has 0 amide bonds. The van der Waals surface area contributed by atoms with Gasteiger partial charge in [0.25, 0.3) is 0 Å². The minimum atomic E-state index is -0.680. The van der Waals surface area contributed by atoms with Crippen LogP contribution < -0.4 is 14.8 Å². The molecule has 1 aromatic rings. The third-order valence-electron chi connectivity index (χ3n) is 7.11. The van der Waals surface area contributed by atoms with Crippen LogP contribution in [0, 0.1) is 11.8 Å². The number of rotatable bonds is 6. The topological polar surface area (TPSA) is 49.0 Å². The maximum atomic E-state index is 6.51. The SMILES string of the molecule is COc1ccc2c3c1O[C@H]1C3C(CCC1(OC)OC)[C@@H](NCC1CC1)C2. The molecule has 2 fully saturated rings. The molecule has 4 aliphatic rings. The number of nitrogens with one attached hydrogen (secondary N) is 1. The van der Waals surface area contributed by atoms with Gasteiger partial charge in [0, 0.05) is 38.2 Å². The third kappa shape index (κ3) is 2.33. The molecule has 1 heterocycles. The molecule has 26 heavy (non-hydrogen) atoms. The van der Waals surface area contributed by atoms with Gasteiger partial charge in [-0.15, -0.1) is 0 Å². The van der Waals surface area contributed by atoms with Crippen molar-refractivity contribution in [3.05, 3.63) is 23.3 Å². The predicted octanol–water partition coefficient (Wildman–Crippen LogP) is 2.86. The maximum Gasteiger partial charge on any atom is 0.205 e. The number of methoxy groups -OCH3 is 3. The van der Waals surface area contributed by atoms with Gasteiger partial charge in [0.2, 0.25) is 5.79 Å². The van der Waals surface area contributed by atoms with Gasteiger partial charge in [-0.2, -0.15) is 0 Å². The second kappa shape index (κ2) is 6.11. The van der Waals surface area contributed by atoms with E-state index >= 15 is 0 Å². The Hall–Kier alpha value is -1.30. The average Bonchev–Trinajstić information content (AvgIpc) is 3.42. The van der Waals surface area contributed by atoms with Crippen LogP contribution in [0.25, 0.3) is 0 Å². The molecule has 1 aliphatic heterocycles. The van der Waals surface area contributed by atoms with Crippen LogP contribution in [0.2, 0.25) is 0 Å². The van der Waals surface area contributed by atoms with Gasteiger partial charge in [-0.1, -0.05) is 6.07 Å². The highest BCUT2D eigenvalue weighted by molar-refractivity contribution is 5.58. The van der Waals surface area contributed by atoms with Crippen LogP contribution in [-0.2, 0) is 15.9 Å². The standard InChI is InChI=1S/C21H29NO4/c1-23-16-7-6-13-10-15(22-11-12-4-5-12)14-8-9-21(24-2,25-3)20-18(14)17(13)19(16)26-20/h6-7,12,14-15,18,20,22H,4-5,8-11H2,1-3H3/t14?,15-,18?,20-/m0/s1. The van der Waals surface area contributed by atoms with E-state index in [0.29, 0.717) is 17.9 Å². The van der Waals surface area contributed by atoms with E-state index in [1.165, 1.54) is 24.0 Å². The van der Waals surface area contributed by atoms with E-state index < -0.39 is 5.79 Å². The highest BCUT2D eigenvalue weighted by Crippen LogP contribution is 2.59. The van der Waals surface area contributed by atoms with Crippen LogP contribution in [0.15, 0.2) is 12.1 Å². The van der Waals surface area contributed by atoms with E-state index in [0.717, 1.165) is 43.2 Å². The van der Waals surface area contributed by atoms with Crippen LogP contribution in [0.1, 0.15) is 42.7 Å². The molecule has 0 radical (unpaired) electrons.